The summed E-state index contributed by atoms with van der Waals surface area (Å²) >= 11 is 0. The van der Waals surface area contributed by atoms with E-state index in [0.29, 0.717) is 23.5 Å². The summed E-state index contributed by atoms with van der Waals surface area (Å²) in [6, 6.07) is 7.74. The first-order chi connectivity index (χ1) is 9.43. The molecule has 3 unspecified atom stereocenters. The van der Waals surface area contributed by atoms with Gasteiger partial charge >= 0.3 is 0 Å². The van der Waals surface area contributed by atoms with Crippen molar-refractivity contribution in [3.63, 3.8) is 0 Å². The van der Waals surface area contributed by atoms with Gasteiger partial charge in [0.1, 0.15) is 0 Å². The van der Waals surface area contributed by atoms with Gasteiger partial charge in [-0.05, 0) is 30.9 Å². The highest BCUT2D eigenvalue weighted by molar-refractivity contribution is 5.09. The van der Waals surface area contributed by atoms with E-state index < -0.39 is 0 Å². The predicted molar refractivity (Wildman–Crippen MR) is 84.7 cm³/mol. The fraction of sp³-hybridized carbons (Fsp3) is 0.706. The topological polar surface area (TPSA) is 28.2 Å². The summed E-state index contributed by atoms with van der Waals surface area (Å²) in [5, 5.41) is 3.73. The van der Waals surface area contributed by atoms with Crippen molar-refractivity contribution in [3.8, 4) is 0 Å². The Labute approximate surface area is 123 Å². The summed E-state index contributed by atoms with van der Waals surface area (Å²) < 4.78 is 0. The van der Waals surface area contributed by atoms with Crippen LogP contribution in [0.2, 0.25) is 0 Å². The molecule has 1 aromatic rings. The molecule has 1 saturated heterocycles. The molecule has 3 atom stereocenters. The van der Waals surface area contributed by atoms with E-state index in [2.05, 4.69) is 62.0 Å². The van der Waals surface area contributed by atoms with Crippen LogP contribution in [0.3, 0.4) is 0 Å². The second kappa shape index (κ2) is 6.23. The van der Waals surface area contributed by atoms with Gasteiger partial charge in [-0.3, -0.25) is 9.88 Å². The van der Waals surface area contributed by atoms with Gasteiger partial charge in [-0.25, -0.2) is 0 Å². The minimum Gasteiger partial charge on any atom is -0.311 e. The molecule has 0 saturated carbocycles. The molecule has 0 aromatic carbocycles. The molecular formula is C17H29N3. The maximum absolute atomic E-state index is 4.55. The van der Waals surface area contributed by atoms with Crippen molar-refractivity contribution in [2.24, 2.45) is 5.41 Å². The lowest BCUT2D eigenvalue weighted by atomic mass is 9.84. The number of aromatic nitrogens is 1. The van der Waals surface area contributed by atoms with Crippen molar-refractivity contribution in [1.82, 2.24) is 15.2 Å². The van der Waals surface area contributed by atoms with Crippen molar-refractivity contribution >= 4 is 0 Å². The number of nitrogens with one attached hydrogen (secondary N) is 1. The maximum Gasteiger partial charge on any atom is 0.0572 e. The van der Waals surface area contributed by atoms with Crippen molar-refractivity contribution in [2.75, 3.05) is 13.1 Å². The summed E-state index contributed by atoms with van der Waals surface area (Å²) in [6.07, 6.45) is 3.08. The lowest BCUT2D eigenvalue weighted by Crippen LogP contribution is -2.60. The standard InChI is InChI=1S/C17H29N3/c1-6-14-11-19-16(17(3,4)5)12-20(14)13(2)15-9-7-8-10-18-15/h7-10,13-14,16,19H,6,11-12H2,1-5H3. The number of nitrogens with zero attached hydrogens (tertiary/aromatic N) is 2. The van der Waals surface area contributed by atoms with E-state index in [1.807, 2.05) is 12.3 Å². The largest absolute Gasteiger partial charge is 0.311 e. The quantitative estimate of drug-likeness (QED) is 0.918. The van der Waals surface area contributed by atoms with E-state index in [-0.39, 0.29) is 0 Å². The van der Waals surface area contributed by atoms with Gasteiger partial charge in [-0.1, -0.05) is 33.8 Å². The molecule has 0 spiro atoms. The van der Waals surface area contributed by atoms with E-state index in [1.165, 1.54) is 12.1 Å². The van der Waals surface area contributed by atoms with E-state index in [0.717, 1.165) is 13.1 Å². The number of rotatable bonds is 3. The van der Waals surface area contributed by atoms with E-state index >= 15 is 0 Å². The Morgan fingerprint density at radius 2 is 2.15 bits per heavy atom. The fourth-order valence-corrected chi connectivity index (χ4v) is 3.05. The van der Waals surface area contributed by atoms with Crippen LogP contribution < -0.4 is 5.32 Å². The Morgan fingerprint density at radius 1 is 1.40 bits per heavy atom. The van der Waals surface area contributed by atoms with Gasteiger partial charge < -0.3 is 5.32 Å². The average molecular weight is 275 g/mol. The highest BCUT2D eigenvalue weighted by atomic mass is 15.3. The van der Waals surface area contributed by atoms with Crippen molar-refractivity contribution in [3.05, 3.63) is 30.1 Å². The summed E-state index contributed by atoms with van der Waals surface area (Å²) in [6.45, 7) is 13.7. The molecule has 0 aliphatic carbocycles. The lowest BCUT2D eigenvalue weighted by molar-refractivity contribution is 0.0517. The van der Waals surface area contributed by atoms with Gasteiger partial charge in [-0.2, -0.15) is 0 Å². The lowest BCUT2D eigenvalue weighted by Gasteiger charge is -2.47. The number of hydrogen-bond donors (Lipinski definition) is 1. The zero-order chi connectivity index (χ0) is 14.8. The molecule has 1 N–H and O–H groups in total. The Kier molecular flexibility index (Phi) is 4.82. The molecule has 0 bridgehead atoms. The summed E-state index contributed by atoms with van der Waals surface area (Å²) in [4.78, 5) is 7.18. The first-order valence-electron chi connectivity index (χ1n) is 7.83. The van der Waals surface area contributed by atoms with Gasteiger partial charge in [0, 0.05) is 37.4 Å². The predicted octanol–water partition coefficient (Wildman–Crippen LogP) is 3.24. The second-order valence-corrected chi connectivity index (χ2v) is 7.02. The highest BCUT2D eigenvalue weighted by Gasteiger charge is 2.35. The molecule has 2 rings (SSSR count). The van der Waals surface area contributed by atoms with Crippen LogP contribution in [0.4, 0.5) is 0 Å². The molecule has 3 nitrogen and oxygen atoms in total. The highest BCUT2D eigenvalue weighted by Crippen LogP contribution is 2.29. The number of piperazine rings is 1. The molecular weight excluding hydrogens is 246 g/mol. The second-order valence-electron chi connectivity index (χ2n) is 7.02. The van der Waals surface area contributed by atoms with Crippen molar-refractivity contribution < 1.29 is 0 Å². The Hall–Kier alpha value is -0.930. The van der Waals surface area contributed by atoms with E-state index in [4.69, 9.17) is 0 Å². The van der Waals surface area contributed by atoms with Crippen molar-refractivity contribution in [2.45, 2.75) is 59.2 Å². The molecule has 0 radical (unpaired) electrons. The molecule has 1 aromatic heterocycles. The molecule has 2 heterocycles. The van der Waals surface area contributed by atoms with Crippen LogP contribution in [0.5, 0.6) is 0 Å². The normalized spacial score (nSPS) is 26.4. The van der Waals surface area contributed by atoms with Gasteiger partial charge in [-0.15, -0.1) is 0 Å². The third-order valence-electron chi connectivity index (χ3n) is 4.59. The smallest absolute Gasteiger partial charge is 0.0572 e. The van der Waals surface area contributed by atoms with Gasteiger partial charge in [0.15, 0.2) is 0 Å². The SMILES string of the molecule is CCC1CNC(C(C)(C)C)CN1C(C)c1ccccn1. The van der Waals surface area contributed by atoms with Gasteiger partial charge in [0.2, 0.25) is 0 Å². The molecule has 1 fully saturated rings. The monoisotopic (exact) mass is 275 g/mol. The number of pyridine rings is 1. The Bertz CT molecular complexity index is 410. The molecule has 20 heavy (non-hydrogen) atoms. The van der Waals surface area contributed by atoms with Crippen LogP contribution in [-0.2, 0) is 0 Å². The third-order valence-corrected chi connectivity index (χ3v) is 4.59. The maximum atomic E-state index is 4.55. The zero-order valence-electron chi connectivity index (χ0n) is 13.6. The van der Waals surface area contributed by atoms with E-state index in [1.54, 1.807) is 0 Å². The molecule has 1 aliphatic heterocycles. The summed E-state index contributed by atoms with van der Waals surface area (Å²) in [7, 11) is 0. The average Bonchev–Trinajstić information content (AvgIpc) is 2.45. The Morgan fingerprint density at radius 3 is 2.70 bits per heavy atom. The summed E-state index contributed by atoms with van der Waals surface area (Å²) in [5.41, 5.74) is 1.47. The third kappa shape index (κ3) is 3.39. The minimum absolute atomic E-state index is 0.292. The Balaban J connectivity index is 2.17. The van der Waals surface area contributed by atoms with Crippen LogP contribution >= 0.6 is 0 Å². The molecule has 112 valence electrons. The van der Waals surface area contributed by atoms with Crippen LogP contribution in [0.25, 0.3) is 0 Å². The molecule has 1 aliphatic rings. The first-order valence-corrected chi connectivity index (χ1v) is 7.83. The van der Waals surface area contributed by atoms with Gasteiger partial charge in [0.25, 0.3) is 0 Å². The number of hydrogen-bond acceptors (Lipinski definition) is 3. The van der Waals surface area contributed by atoms with Crippen LogP contribution in [0, 0.1) is 5.41 Å². The van der Waals surface area contributed by atoms with Gasteiger partial charge in [0.05, 0.1) is 5.69 Å². The van der Waals surface area contributed by atoms with Crippen LogP contribution in [-0.4, -0.2) is 35.1 Å². The van der Waals surface area contributed by atoms with Crippen molar-refractivity contribution in [1.29, 1.82) is 0 Å². The summed E-state index contributed by atoms with van der Waals surface area (Å²) in [5.74, 6) is 0. The first kappa shape index (κ1) is 15.5. The van der Waals surface area contributed by atoms with Crippen LogP contribution in [0.15, 0.2) is 24.4 Å². The van der Waals surface area contributed by atoms with Crippen LogP contribution in [0.1, 0.15) is 52.8 Å². The molecule has 0 amide bonds. The van der Waals surface area contributed by atoms with E-state index in [9.17, 15) is 0 Å². The fourth-order valence-electron chi connectivity index (χ4n) is 3.05. The zero-order valence-corrected chi connectivity index (χ0v) is 13.6. The molecule has 3 heteroatoms. The minimum atomic E-state index is 0.292.